The van der Waals surface area contributed by atoms with Gasteiger partial charge in [0.25, 0.3) is 5.91 Å². The first-order valence-electron chi connectivity index (χ1n) is 10.7. The van der Waals surface area contributed by atoms with Crippen molar-refractivity contribution in [2.75, 3.05) is 5.32 Å². The van der Waals surface area contributed by atoms with Crippen LogP contribution in [0.5, 0.6) is 0 Å². The smallest absolute Gasteiger partial charge is 0.255 e. The van der Waals surface area contributed by atoms with E-state index < -0.39 is 0 Å². The average Bonchev–Trinajstić information content (AvgIpc) is 2.82. The number of aromatic nitrogens is 3. The number of nitrogens with zero attached hydrogens (tertiary/aromatic N) is 3. The van der Waals surface area contributed by atoms with Crippen molar-refractivity contribution in [3.63, 3.8) is 0 Å². The van der Waals surface area contributed by atoms with E-state index >= 15 is 0 Å². The molecule has 0 saturated carbocycles. The monoisotopic (exact) mass is 436 g/mol. The Kier molecular flexibility index (Phi) is 6.64. The Bertz CT molecular complexity index is 1290. The summed E-state index contributed by atoms with van der Waals surface area (Å²) in [7, 11) is 0. The van der Waals surface area contributed by atoms with Crippen LogP contribution in [0.15, 0.2) is 79.4 Å². The van der Waals surface area contributed by atoms with Crippen LogP contribution < -0.4 is 5.32 Å². The minimum Gasteiger partial charge on any atom is -0.322 e. The summed E-state index contributed by atoms with van der Waals surface area (Å²) in [5.41, 5.74) is 6.93. The van der Waals surface area contributed by atoms with Crippen molar-refractivity contribution in [1.82, 2.24) is 15.0 Å². The molecule has 0 atom stereocenters. The number of nitrogens with one attached hydrogen (secondary N) is 1. The van der Waals surface area contributed by atoms with Gasteiger partial charge in [0.15, 0.2) is 0 Å². The molecule has 0 fully saturated rings. The summed E-state index contributed by atoms with van der Waals surface area (Å²) in [5.74, 6) is -0.0811. The van der Waals surface area contributed by atoms with E-state index in [4.69, 9.17) is 0 Å². The molecule has 2 heterocycles. The lowest BCUT2D eigenvalue weighted by atomic mass is 9.97. The molecule has 4 aromatic rings. The Morgan fingerprint density at radius 2 is 1.76 bits per heavy atom. The molecule has 2 aromatic heterocycles. The summed E-state index contributed by atoms with van der Waals surface area (Å²) >= 11 is 0. The molecule has 0 aliphatic rings. The molecule has 0 bridgehead atoms. The van der Waals surface area contributed by atoms with Crippen molar-refractivity contribution in [2.24, 2.45) is 0 Å². The highest BCUT2D eigenvalue weighted by Crippen LogP contribution is 2.24. The summed E-state index contributed by atoms with van der Waals surface area (Å²) in [6.07, 6.45) is 5.96. The molecule has 0 aliphatic carbocycles. The Labute approximate surface area is 192 Å². The van der Waals surface area contributed by atoms with E-state index in [9.17, 15) is 9.59 Å². The molecule has 164 valence electrons. The van der Waals surface area contributed by atoms with Gasteiger partial charge in [0.1, 0.15) is 12.1 Å². The molecule has 0 saturated heterocycles. The van der Waals surface area contributed by atoms with Crippen molar-refractivity contribution in [3.8, 4) is 11.3 Å². The van der Waals surface area contributed by atoms with Gasteiger partial charge in [-0.3, -0.25) is 14.6 Å². The van der Waals surface area contributed by atoms with Crippen LogP contribution in [0, 0.1) is 6.92 Å². The highest BCUT2D eigenvalue weighted by molar-refractivity contribution is 6.04. The number of hydrogen-bond donors (Lipinski definition) is 1. The van der Waals surface area contributed by atoms with Gasteiger partial charge in [0.2, 0.25) is 0 Å². The summed E-state index contributed by atoms with van der Waals surface area (Å²) in [5, 5.41) is 2.93. The fourth-order valence-electron chi connectivity index (χ4n) is 3.64. The molecule has 6 nitrogen and oxygen atoms in total. The zero-order chi connectivity index (χ0) is 23.2. The summed E-state index contributed by atoms with van der Waals surface area (Å²) in [6, 6.07) is 18.8. The first-order valence-corrected chi connectivity index (χ1v) is 10.7. The van der Waals surface area contributed by atoms with Crippen LogP contribution in [0.2, 0.25) is 0 Å². The quantitative estimate of drug-likeness (QED) is 0.449. The van der Waals surface area contributed by atoms with Gasteiger partial charge in [-0.25, -0.2) is 9.97 Å². The second kappa shape index (κ2) is 9.96. The Morgan fingerprint density at radius 3 is 2.48 bits per heavy atom. The minimum atomic E-state index is -0.187. The fraction of sp³-hybridized carbons (Fsp3) is 0.148. The van der Waals surface area contributed by atoms with E-state index in [1.807, 2.05) is 67.6 Å². The highest BCUT2D eigenvalue weighted by Gasteiger charge is 2.13. The number of anilines is 1. The lowest BCUT2D eigenvalue weighted by molar-refractivity contribution is -0.116. The van der Waals surface area contributed by atoms with E-state index in [-0.39, 0.29) is 11.7 Å². The van der Waals surface area contributed by atoms with Crippen molar-refractivity contribution < 1.29 is 9.59 Å². The molecule has 4 rings (SSSR count). The van der Waals surface area contributed by atoms with E-state index in [1.54, 1.807) is 19.3 Å². The van der Waals surface area contributed by atoms with Gasteiger partial charge >= 0.3 is 0 Å². The molecule has 1 N–H and O–H groups in total. The molecule has 0 aliphatic heterocycles. The number of hydrogen-bond acceptors (Lipinski definition) is 5. The second-order valence-electron chi connectivity index (χ2n) is 7.94. The Balaban J connectivity index is 1.54. The molecule has 0 spiro atoms. The minimum absolute atomic E-state index is 0.106. The van der Waals surface area contributed by atoms with Gasteiger partial charge in [0.05, 0.1) is 11.4 Å². The van der Waals surface area contributed by atoms with E-state index in [1.165, 1.54) is 6.33 Å². The Hall–Kier alpha value is -4.19. The number of rotatable bonds is 7. The first-order chi connectivity index (χ1) is 16.0. The normalized spacial score (nSPS) is 10.6. The number of amides is 1. The molecule has 2 aromatic carbocycles. The number of aryl methyl sites for hydroxylation is 1. The standard InChI is InChI=1S/C27H24N4O2/c1-18-5-8-21(27(33)31-23-9-6-20(7-10-23)14-19(2)32)15-22(18)16-26-24(4-3-12-29-26)25-11-13-28-17-30-25/h3-13,15,17H,14,16H2,1-2H3,(H,31,33). The average molecular weight is 437 g/mol. The number of carbonyl (C=O) groups is 2. The van der Waals surface area contributed by atoms with Crippen LogP contribution in [0.4, 0.5) is 5.69 Å². The van der Waals surface area contributed by atoms with Crippen molar-refractivity contribution in [3.05, 3.63) is 107 Å². The van der Waals surface area contributed by atoms with E-state index in [2.05, 4.69) is 20.3 Å². The third-order valence-electron chi connectivity index (χ3n) is 5.38. The summed E-state index contributed by atoms with van der Waals surface area (Å²) < 4.78 is 0. The number of Topliss-reactive ketones (excluding diaryl/α,β-unsaturated/α-hetero) is 1. The molecular formula is C27H24N4O2. The molecule has 33 heavy (non-hydrogen) atoms. The summed E-state index contributed by atoms with van der Waals surface area (Å²) in [6.45, 7) is 3.59. The number of benzene rings is 2. The van der Waals surface area contributed by atoms with Crippen molar-refractivity contribution in [2.45, 2.75) is 26.7 Å². The van der Waals surface area contributed by atoms with Gasteiger partial charge in [-0.2, -0.15) is 0 Å². The molecule has 1 amide bonds. The SMILES string of the molecule is CC(=O)Cc1ccc(NC(=O)c2ccc(C)c(Cc3ncccc3-c3ccncn3)c2)cc1. The summed E-state index contributed by atoms with van der Waals surface area (Å²) in [4.78, 5) is 37.1. The highest BCUT2D eigenvalue weighted by atomic mass is 16.1. The van der Waals surface area contributed by atoms with Crippen LogP contribution in [0.3, 0.4) is 0 Å². The fourth-order valence-corrected chi connectivity index (χ4v) is 3.64. The van der Waals surface area contributed by atoms with Crippen molar-refractivity contribution >= 4 is 17.4 Å². The van der Waals surface area contributed by atoms with Gasteiger partial charge < -0.3 is 5.32 Å². The van der Waals surface area contributed by atoms with E-state index in [0.29, 0.717) is 24.1 Å². The largest absolute Gasteiger partial charge is 0.322 e. The van der Waals surface area contributed by atoms with E-state index in [0.717, 1.165) is 33.6 Å². The first kappa shape index (κ1) is 22.0. The van der Waals surface area contributed by atoms with Crippen LogP contribution >= 0.6 is 0 Å². The zero-order valence-electron chi connectivity index (χ0n) is 18.6. The van der Waals surface area contributed by atoms with Gasteiger partial charge in [-0.15, -0.1) is 0 Å². The van der Waals surface area contributed by atoms with Crippen LogP contribution in [0.25, 0.3) is 11.3 Å². The number of carbonyl (C=O) groups excluding carboxylic acids is 2. The second-order valence-corrected chi connectivity index (χ2v) is 7.94. The van der Waals surface area contributed by atoms with Gasteiger partial charge in [-0.05, 0) is 73.0 Å². The predicted molar refractivity (Wildman–Crippen MR) is 128 cm³/mol. The maximum atomic E-state index is 12.9. The van der Waals surface area contributed by atoms with Gasteiger partial charge in [0, 0.05) is 42.0 Å². The number of ketones is 1. The molecule has 0 radical (unpaired) electrons. The third-order valence-corrected chi connectivity index (χ3v) is 5.38. The van der Waals surface area contributed by atoms with Crippen LogP contribution in [-0.2, 0) is 17.6 Å². The molecular weight excluding hydrogens is 412 g/mol. The maximum Gasteiger partial charge on any atom is 0.255 e. The Morgan fingerprint density at radius 1 is 0.939 bits per heavy atom. The maximum absolute atomic E-state index is 12.9. The molecule has 6 heteroatoms. The molecule has 0 unspecified atom stereocenters. The number of pyridine rings is 1. The zero-order valence-corrected chi connectivity index (χ0v) is 18.6. The van der Waals surface area contributed by atoms with Crippen LogP contribution in [0.1, 0.15) is 39.7 Å². The van der Waals surface area contributed by atoms with Crippen LogP contribution in [-0.4, -0.2) is 26.6 Å². The lowest BCUT2D eigenvalue weighted by Gasteiger charge is -2.12. The lowest BCUT2D eigenvalue weighted by Crippen LogP contribution is -2.13. The third kappa shape index (κ3) is 5.54. The predicted octanol–water partition coefficient (Wildman–Crippen LogP) is 4.82. The van der Waals surface area contributed by atoms with Crippen molar-refractivity contribution in [1.29, 1.82) is 0 Å². The topological polar surface area (TPSA) is 84.8 Å². The van der Waals surface area contributed by atoms with Gasteiger partial charge in [-0.1, -0.05) is 18.2 Å².